The number of fused-ring (bicyclic) bond motifs is 1. The van der Waals surface area contributed by atoms with Crippen LogP contribution in [0.4, 0.5) is 11.6 Å². The third kappa shape index (κ3) is 2.03. The van der Waals surface area contributed by atoms with E-state index in [1.807, 2.05) is 36.4 Å². The summed E-state index contributed by atoms with van der Waals surface area (Å²) in [6, 6.07) is 4.14. The highest BCUT2D eigenvalue weighted by Crippen LogP contribution is 2.36. The van der Waals surface area contributed by atoms with Gasteiger partial charge in [-0.05, 0) is 31.0 Å². The average Bonchev–Trinajstić information content (AvgIpc) is 3.07. The molecule has 2 atom stereocenters. The summed E-state index contributed by atoms with van der Waals surface area (Å²) in [5.41, 5.74) is 1.92. The van der Waals surface area contributed by atoms with Crippen LogP contribution in [-0.2, 0) is 4.79 Å². The zero-order valence-corrected chi connectivity index (χ0v) is 12.4. The standard InChI is InChI=1S/C16H17N5O/c1-11-8-18-16(19-9-11)20-6-4-13-14(20)7-15(22)21(13)12-3-2-5-17-10-12/h2-3,5,8-10,13-14H,4,6-7H2,1H3. The van der Waals surface area contributed by atoms with E-state index in [4.69, 9.17) is 0 Å². The number of aryl methyl sites for hydroxylation is 1. The third-order valence-corrected chi connectivity index (χ3v) is 4.44. The van der Waals surface area contributed by atoms with Crippen molar-refractivity contribution in [2.45, 2.75) is 31.8 Å². The van der Waals surface area contributed by atoms with Crippen LogP contribution in [0.25, 0.3) is 0 Å². The minimum atomic E-state index is 0.149. The number of amides is 1. The maximum atomic E-state index is 12.4. The van der Waals surface area contributed by atoms with E-state index < -0.39 is 0 Å². The molecule has 22 heavy (non-hydrogen) atoms. The van der Waals surface area contributed by atoms with Crippen LogP contribution >= 0.6 is 0 Å². The van der Waals surface area contributed by atoms with Crippen LogP contribution in [0, 0.1) is 6.92 Å². The molecule has 0 N–H and O–H groups in total. The van der Waals surface area contributed by atoms with Crippen LogP contribution in [0.2, 0.25) is 0 Å². The lowest BCUT2D eigenvalue weighted by molar-refractivity contribution is -0.117. The molecule has 6 nitrogen and oxygen atoms in total. The van der Waals surface area contributed by atoms with Gasteiger partial charge in [0.25, 0.3) is 0 Å². The van der Waals surface area contributed by atoms with Crippen molar-refractivity contribution in [3.63, 3.8) is 0 Å². The predicted octanol–water partition coefficient (Wildman–Crippen LogP) is 1.56. The summed E-state index contributed by atoms with van der Waals surface area (Å²) in [4.78, 5) is 29.5. The lowest BCUT2D eigenvalue weighted by atomic mass is 10.1. The molecule has 2 aliphatic heterocycles. The first-order chi connectivity index (χ1) is 10.7. The van der Waals surface area contributed by atoms with E-state index in [0.29, 0.717) is 6.42 Å². The van der Waals surface area contributed by atoms with E-state index in [1.54, 1.807) is 12.4 Å². The number of rotatable bonds is 2. The highest BCUT2D eigenvalue weighted by atomic mass is 16.2. The Kier molecular flexibility index (Phi) is 3.03. The Balaban J connectivity index is 1.63. The van der Waals surface area contributed by atoms with Crippen LogP contribution in [0.1, 0.15) is 18.4 Å². The third-order valence-electron chi connectivity index (χ3n) is 4.44. The molecule has 1 amide bonds. The molecule has 2 aliphatic rings. The summed E-state index contributed by atoms with van der Waals surface area (Å²) in [5.74, 6) is 0.874. The monoisotopic (exact) mass is 295 g/mol. The topological polar surface area (TPSA) is 62.2 Å². The van der Waals surface area contributed by atoms with Crippen molar-refractivity contribution < 1.29 is 4.79 Å². The average molecular weight is 295 g/mol. The first-order valence-electron chi connectivity index (χ1n) is 7.51. The molecule has 0 aliphatic carbocycles. The van der Waals surface area contributed by atoms with Gasteiger partial charge in [0, 0.05) is 31.6 Å². The van der Waals surface area contributed by atoms with Gasteiger partial charge in [0.1, 0.15) is 0 Å². The Labute approximate surface area is 128 Å². The molecule has 2 unspecified atom stereocenters. The Morgan fingerprint density at radius 2 is 2.00 bits per heavy atom. The van der Waals surface area contributed by atoms with Crippen molar-refractivity contribution in [2.75, 3.05) is 16.3 Å². The number of nitrogens with zero attached hydrogens (tertiary/aromatic N) is 5. The molecule has 4 rings (SSSR count). The van der Waals surface area contributed by atoms with Crippen molar-refractivity contribution in [2.24, 2.45) is 0 Å². The van der Waals surface area contributed by atoms with E-state index in [2.05, 4.69) is 19.9 Å². The van der Waals surface area contributed by atoms with Gasteiger partial charge < -0.3 is 9.80 Å². The fourth-order valence-corrected chi connectivity index (χ4v) is 3.46. The Hall–Kier alpha value is -2.50. The largest absolute Gasteiger partial charge is 0.335 e. The molecule has 0 aromatic carbocycles. The smallest absolute Gasteiger partial charge is 0.229 e. The Morgan fingerprint density at radius 3 is 2.73 bits per heavy atom. The first-order valence-corrected chi connectivity index (χ1v) is 7.51. The number of carbonyl (C=O) groups excluding carboxylic acids is 1. The number of hydrogen-bond acceptors (Lipinski definition) is 5. The number of aromatic nitrogens is 3. The Bertz CT molecular complexity index is 687. The van der Waals surface area contributed by atoms with Crippen molar-refractivity contribution in [3.05, 3.63) is 42.5 Å². The molecule has 2 aromatic heterocycles. The van der Waals surface area contributed by atoms with E-state index in [0.717, 1.165) is 30.2 Å². The first kappa shape index (κ1) is 13.2. The molecule has 0 spiro atoms. The zero-order chi connectivity index (χ0) is 15.1. The number of anilines is 2. The summed E-state index contributed by atoms with van der Waals surface area (Å²) in [6.07, 6.45) is 8.57. The maximum Gasteiger partial charge on any atom is 0.229 e. The van der Waals surface area contributed by atoms with Gasteiger partial charge in [-0.2, -0.15) is 0 Å². The second-order valence-electron chi connectivity index (χ2n) is 5.86. The quantitative estimate of drug-likeness (QED) is 0.841. The van der Waals surface area contributed by atoms with Crippen molar-refractivity contribution in [3.8, 4) is 0 Å². The highest BCUT2D eigenvalue weighted by molar-refractivity contribution is 5.97. The van der Waals surface area contributed by atoms with E-state index in [1.165, 1.54) is 0 Å². The molecule has 4 heterocycles. The van der Waals surface area contributed by atoms with E-state index in [-0.39, 0.29) is 18.0 Å². The van der Waals surface area contributed by atoms with Gasteiger partial charge in [0.05, 0.1) is 24.0 Å². The molecule has 2 saturated heterocycles. The lowest BCUT2D eigenvalue weighted by Crippen LogP contribution is -2.38. The number of pyridine rings is 1. The second-order valence-corrected chi connectivity index (χ2v) is 5.86. The van der Waals surface area contributed by atoms with Gasteiger partial charge in [0.15, 0.2) is 0 Å². The van der Waals surface area contributed by atoms with Crippen molar-refractivity contribution in [1.29, 1.82) is 0 Å². The van der Waals surface area contributed by atoms with Gasteiger partial charge in [-0.15, -0.1) is 0 Å². The molecule has 0 radical (unpaired) electrons. The summed E-state index contributed by atoms with van der Waals surface area (Å²) < 4.78 is 0. The van der Waals surface area contributed by atoms with E-state index >= 15 is 0 Å². The fourth-order valence-electron chi connectivity index (χ4n) is 3.46. The van der Waals surface area contributed by atoms with Crippen LogP contribution in [0.15, 0.2) is 36.9 Å². The van der Waals surface area contributed by atoms with Gasteiger partial charge in [0.2, 0.25) is 11.9 Å². The van der Waals surface area contributed by atoms with Gasteiger partial charge in [-0.1, -0.05) is 0 Å². The Morgan fingerprint density at radius 1 is 1.18 bits per heavy atom. The van der Waals surface area contributed by atoms with Crippen molar-refractivity contribution >= 4 is 17.5 Å². The molecular formula is C16H17N5O. The normalized spacial score (nSPS) is 24.0. The molecule has 0 saturated carbocycles. The van der Waals surface area contributed by atoms with Gasteiger partial charge in [-0.25, -0.2) is 9.97 Å². The van der Waals surface area contributed by atoms with Gasteiger partial charge in [-0.3, -0.25) is 9.78 Å². The zero-order valence-electron chi connectivity index (χ0n) is 12.4. The summed E-state index contributed by atoms with van der Waals surface area (Å²) in [7, 11) is 0. The van der Waals surface area contributed by atoms with Crippen LogP contribution < -0.4 is 9.80 Å². The number of carbonyl (C=O) groups is 1. The summed E-state index contributed by atoms with van der Waals surface area (Å²) in [5, 5.41) is 0. The predicted molar refractivity (Wildman–Crippen MR) is 82.6 cm³/mol. The van der Waals surface area contributed by atoms with Crippen LogP contribution in [-0.4, -0.2) is 39.5 Å². The molecule has 6 heteroatoms. The minimum Gasteiger partial charge on any atom is -0.335 e. The maximum absolute atomic E-state index is 12.4. The van der Waals surface area contributed by atoms with E-state index in [9.17, 15) is 4.79 Å². The van der Waals surface area contributed by atoms with Crippen molar-refractivity contribution in [1.82, 2.24) is 15.0 Å². The highest BCUT2D eigenvalue weighted by Gasteiger charge is 2.48. The van der Waals surface area contributed by atoms with Gasteiger partial charge >= 0.3 is 0 Å². The molecule has 2 aromatic rings. The minimum absolute atomic E-state index is 0.149. The molecule has 2 fully saturated rings. The number of hydrogen-bond donors (Lipinski definition) is 0. The summed E-state index contributed by atoms with van der Waals surface area (Å²) in [6.45, 7) is 2.85. The van der Waals surface area contributed by atoms with Crippen LogP contribution in [0.5, 0.6) is 0 Å². The second kappa shape index (κ2) is 5.05. The lowest BCUT2D eigenvalue weighted by Gasteiger charge is -2.25. The SMILES string of the molecule is Cc1cnc(N2CCC3C2CC(=O)N3c2cccnc2)nc1. The molecular weight excluding hydrogens is 278 g/mol. The molecule has 0 bridgehead atoms. The van der Waals surface area contributed by atoms with Crippen LogP contribution in [0.3, 0.4) is 0 Å². The fraction of sp³-hybridized carbons (Fsp3) is 0.375. The molecule has 112 valence electrons. The summed E-state index contributed by atoms with van der Waals surface area (Å²) >= 11 is 0.